The zero-order valence-electron chi connectivity index (χ0n) is 16.3. The Morgan fingerprint density at radius 3 is 2.70 bits per heavy atom. The SMILES string of the molecule is Cc1cn(CCn2cnc(-c3ccccc3)c2C2CCOC(C)(C)C2)nn1. The number of imidazole rings is 1. The summed E-state index contributed by atoms with van der Waals surface area (Å²) in [7, 11) is 0. The van der Waals surface area contributed by atoms with Crippen LogP contribution in [0.4, 0.5) is 0 Å². The third-order valence-corrected chi connectivity index (χ3v) is 5.23. The van der Waals surface area contributed by atoms with Gasteiger partial charge in [0.05, 0.1) is 29.9 Å². The quantitative estimate of drug-likeness (QED) is 0.690. The van der Waals surface area contributed by atoms with Crippen LogP contribution in [0.25, 0.3) is 11.3 Å². The topological polar surface area (TPSA) is 57.8 Å². The average Bonchev–Trinajstić information content (AvgIpc) is 3.26. The fourth-order valence-corrected chi connectivity index (χ4v) is 4.00. The van der Waals surface area contributed by atoms with Gasteiger partial charge in [-0.05, 0) is 33.6 Å². The van der Waals surface area contributed by atoms with Crippen LogP contribution in [0.5, 0.6) is 0 Å². The maximum absolute atomic E-state index is 5.96. The Labute approximate surface area is 160 Å². The molecule has 2 aromatic heterocycles. The summed E-state index contributed by atoms with van der Waals surface area (Å²) in [6.07, 6.45) is 5.98. The Hall–Kier alpha value is -2.47. The van der Waals surface area contributed by atoms with Crippen LogP contribution >= 0.6 is 0 Å². The fourth-order valence-electron chi connectivity index (χ4n) is 4.00. The van der Waals surface area contributed by atoms with Gasteiger partial charge in [-0.2, -0.15) is 0 Å². The van der Waals surface area contributed by atoms with Crippen LogP contribution in [0.3, 0.4) is 0 Å². The van der Waals surface area contributed by atoms with Gasteiger partial charge in [-0.25, -0.2) is 4.98 Å². The number of hydrogen-bond acceptors (Lipinski definition) is 4. The van der Waals surface area contributed by atoms with Crippen LogP contribution in [-0.4, -0.2) is 36.8 Å². The average molecular weight is 365 g/mol. The van der Waals surface area contributed by atoms with Gasteiger partial charge in [0.1, 0.15) is 0 Å². The van der Waals surface area contributed by atoms with Crippen molar-refractivity contribution in [3.63, 3.8) is 0 Å². The van der Waals surface area contributed by atoms with Crippen molar-refractivity contribution in [1.82, 2.24) is 24.5 Å². The Morgan fingerprint density at radius 2 is 2.00 bits per heavy atom. The molecule has 1 fully saturated rings. The van der Waals surface area contributed by atoms with Crippen LogP contribution in [-0.2, 0) is 17.8 Å². The lowest BCUT2D eigenvalue weighted by Crippen LogP contribution is -2.34. The zero-order chi connectivity index (χ0) is 18.9. The van der Waals surface area contributed by atoms with Crippen LogP contribution in [0.2, 0.25) is 0 Å². The van der Waals surface area contributed by atoms with E-state index in [0.29, 0.717) is 5.92 Å². The molecule has 0 radical (unpaired) electrons. The van der Waals surface area contributed by atoms with Gasteiger partial charge >= 0.3 is 0 Å². The Morgan fingerprint density at radius 1 is 1.19 bits per heavy atom. The molecule has 6 nitrogen and oxygen atoms in total. The molecule has 27 heavy (non-hydrogen) atoms. The molecule has 142 valence electrons. The molecule has 0 spiro atoms. The lowest BCUT2D eigenvalue weighted by Gasteiger charge is -2.36. The second kappa shape index (κ2) is 7.27. The summed E-state index contributed by atoms with van der Waals surface area (Å²) >= 11 is 0. The molecule has 0 bridgehead atoms. The first-order chi connectivity index (χ1) is 13.0. The summed E-state index contributed by atoms with van der Waals surface area (Å²) in [5.74, 6) is 0.434. The first-order valence-corrected chi connectivity index (χ1v) is 9.63. The predicted molar refractivity (Wildman–Crippen MR) is 104 cm³/mol. The van der Waals surface area contributed by atoms with Crippen molar-refractivity contribution in [3.8, 4) is 11.3 Å². The van der Waals surface area contributed by atoms with Crippen molar-refractivity contribution in [3.05, 3.63) is 54.2 Å². The molecule has 0 amide bonds. The molecule has 0 aliphatic carbocycles. The minimum absolute atomic E-state index is 0.102. The van der Waals surface area contributed by atoms with Crippen LogP contribution in [0.15, 0.2) is 42.9 Å². The molecule has 1 aliphatic rings. The van der Waals surface area contributed by atoms with Gasteiger partial charge in [0.15, 0.2) is 0 Å². The summed E-state index contributed by atoms with van der Waals surface area (Å²) in [5.41, 5.74) is 4.42. The monoisotopic (exact) mass is 365 g/mol. The largest absolute Gasteiger partial charge is 0.376 e. The number of rotatable bonds is 5. The van der Waals surface area contributed by atoms with Crippen molar-refractivity contribution in [2.45, 2.75) is 58.2 Å². The zero-order valence-corrected chi connectivity index (χ0v) is 16.3. The van der Waals surface area contributed by atoms with Gasteiger partial charge in [-0.3, -0.25) is 4.68 Å². The molecular weight excluding hydrogens is 338 g/mol. The minimum atomic E-state index is -0.102. The number of ether oxygens (including phenoxy) is 1. The lowest BCUT2D eigenvalue weighted by molar-refractivity contribution is -0.0600. The summed E-state index contributed by atoms with van der Waals surface area (Å²) in [5, 5.41) is 8.26. The molecule has 0 saturated carbocycles. The highest BCUT2D eigenvalue weighted by Crippen LogP contribution is 2.39. The number of benzene rings is 1. The van der Waals surface area contributed by atoms with Gasteiger partial charge in [-0.15, -0.1) is 5.10 Å². The maximum Gasteiger partial charge on any atom is 0.0956 e. The van der Waals surface area contributed by atoms with E-state index in [1.165, 1.54) is 11.3 Å². The second-order valence-electron chi connectivity index (χ2n) is 7.96. The Balaban J connectivity index is 1.67. The van der Waals surface area contributed by atoms with E-state index in [1.807, 2.05) is 30.2 Å². The number of aromatic nitrogens is 5. The maximum atomic E-state index is 5.96. The molecule has 1 saturated heterocycles. The van der Waals surface area contributed by atoms with Crippen molar-refractivity contribution in [1.29, 1.82) is 0 Å². The van der Waals surface area contributed by atoms with E-state index in [1.54, 1.807) is 0 Å². The third kappa shape index (κ3) is 3.95. The third-order valence-electron chi connectivity index (χ3n) is 5.23. The van der Waals surface area contributed by atoms with Crippen molar-refractivity contribution in [2.24, 2.45) is 0 Å². The molecule has 1 aromatic carbocycles. The minimum Gasteiger partial charge on any atom is -0.376 e. The van der Waals surface area contributed by atoms with E-state index in [4.69, 9.17) is 9.72 Å². The van der Waals surface area contributed by atoms with Crippen molar-refractivity contribution >= 4 is 0 Å². The first-order valence-electron chi connectivity index (χ1n) is 9.63. The van der Waals surface area contributed by atoms with Gasteiger partial charge in [0.25, 0.3) is 0 Å². The van der Waals surface area contributed by atoms with Gasteiger partial charge in [-0.1, -0.05) is 35.5 Å². The second-order valence-corrected chi connectivity index (χ2v) is 7.96. The number of nitrogens with zero attached hydrogens (tertiary/aromatic N) is 5. The van der Waals surface area contributed by atoms with Gasteiger partial charge < -0.3 is 9.30 Å². The molecule has 0 N–H and O–H groups in total. The van der Waals surface area contributed by atoms with Crippen LogP contribution < -0.4 is 0 Å². The van der Waals surface area contributed by atoms with Gasteiger partial charge in [0, 0.05) is 36.5 Å². The molecular formula is C21H27N5O. The summed E-state index contributed by atoms with van der Waals surface area (Å²) in [6, 6.07) is 10.5. The molecule has 1 atom stereocenters. The molecule has 1 unspecified atom stereocenters. The molecule has 1 aliphatic heterocycles. The normalized spacial score (nSPS) is 19.3. The van der Waals surface area contributed by atoms with Crippen molar-refractivity contribution in [2.75, 3.05) is 6.61 Å². The standard InChI is InChI=1S/C21H27N5O/c1-16-14-26(24-23-16)11-10-25-15-22-19(17-7-5-4-6-8-17)20(25)18-9-12-27-21(2,3)13-18/h4-8,14-15,18H,9-13H2,1-3H3. The van der Waals surface area contributed by atoms with Crippen LogP contribution in [0.1, 0.15) is 44.0 Å². The highest BCUT2D eigenvalue weighted by molar-refractivity contribution is 5.62. The molecule has 6 heteroatoms. The Bertz CT molecular complexity index is 896. The number of hydrogen-bond donors (Lipinski definition) is 0. The Kier molecular flexibility index (Phi) is 4.83. The summed E-state index contributed by atoms with van der Waals surface area (Å²) in [4.78, 5) is 4.80. The summed E-state index contributed by atoms with van der Waals surface area (Å²) in [6.45, 7) is 8.73. The summed E-state index contributed by atoms with van der Waals surface area (Å²) < 4.78 is 10.2. The molecule has 3 aromatic rings. The lowest BCUT2D eigenvalue weighted by atomic mass is 9.84. The van der Waals surface area contributed by atoms with Crippen LogP contribution in [0, 0.1) is 6.92 Å². The van der Waals surface area contributed by atoms with E-state index >= 15 is 0 Å². The van der Waals surface area contributed by atoms with E-state index in [-0.39, 0.29) is 5.60 Å². The van der Waals surface area contributed by atoms with E-state index in [2.05, 4.69) is 53.0 Å². The highest BCUT2D eigenvalue weighted by Gasteiger charge is 2.33. The highest BCUT2D eigenvalue weighted by atomic mass is 16.5. The number of aryl methyl sites for hydroxylation is 3. The van der Waals surface area contributed by atoms with Crippen molar-refractivity contribution < 1.29 is 4.74 Å². The van der Waals surface area contributed by atoms with E-state index < -0.39 is 0 Å². The van der Waals surface area contributed by atoms with Gasteiger partial charge in [0.2, 0.25) is 0 Å². The fraction of sp³-hybridized carbons (Fsp3) is 0.476. The predicted octanol–water partition coefficient (Wildman–Crippen LogP) is 3.82. The first kappa shape index (κ1) is 17.9. The smallest absolute Gasteiger partial charge is 0.0956 e. The van der Waals surface area contributed by atoms with E-state index in [0.717, 1.165) is 43.9 Å². The molecule has 3 heterocycles. The molecule has 4 rings (SSSR count). The van der Waals surface area contributed by atoms with E-state index in [9.17, 15) is 0 Å².